The Morgan fingerprint density at radius 3 is 2.71 bits per heavy atom. The van der Waals surface area contributed by atoms with Gasteiger partial charge in [0, 0.05) is 6.07 Å². The SMILES string of the molecule is O=c1[nH][n+](C2OC(CO)C(O)C2O)ccc1Cl. The van der Waals surface area contributed by atoms with Crippen molar-refractivity contribution in [2.45, 2.75) is 24.5 Å². The van der Waals surface area contributed by atoms with Gasteiger partial charge < -0.3 is 20.1 Å². The predicted molar refractivity (Wildman–Crippen MR) is 55.3 cm³/mol. The van der Waals surface area contributed by atoms with Gasteiger partial charge in [-0.05, 0) is 0 Å². The molecule has 0 radical (unpaired) electrons. The van der Waals surface area contributed by atoms with Crippen LogP contribution in [0.2, 0.25) is 5.02 Å². The largest absolute Gasteiger partial charge is 0.394 e. The zero-order chi connectivity index (χ0) is 12.6. The Bertz CT molecular complexity index is 465. The van der Waals surface area contributed by atoms with Crippen LogP contribution in [0, 0.1) is 0 Å². The van der Waals surface area contributed by atoms with Crippen molar-refractivity contribution in [1.82, 2.24) is 5.10 Å². The van der Waals surface area contributed by atoms with Gasteiger partial charge in [-0.2, -0.15) is 0 Å². The third kappa shape index (κ3) is 2.20. The van der Waals surface area contributed by atoms with Crippen LogP contribution >= 0.6 is 11.6 Å². The number of aliphatic hydroxyl groups is 3. The topological polar surface area (TPSA) is 107 Å². The first kappa shape index (κ1) is 12.5. The number of hydrogen-bond donors (Lipinski definition) is 4. The predicted octanol–water partition coefficient (Wildman–Crippen LogP) is -2.07. The van der Waals surface area contributed by atoms with E-state index in [9.17, 15) is 15.0 Å². The molecule has 0 aromatic carbocycles. The van der Waals surface area contributed by atoms with Crippen molar-refractivity contribution in [1.29, 1.82) is 0 Å². The van der Waals surface area contributed by atoms with Crippen molar-refractivity contribution >= 4 is 11.6 Å². The van der Waals surface area contributed by atoms with Crippen LogP contribution in [-0.2, 0) is 4.74 Å². The Kier molecular flexibility index (Phi) is 3.45. The van der Waals surface area contributed by atoms with Gasteiger partial charge in [-0.15, -0.1) is 5.10 Å². The highest BCUT2D eigenvalue weighted by Crippen LogP contribution is 2.24. The van der Waals surface area contributed by atoms with E-state index in [4.69, 9.17) is 21.4 Å². The summed E-state index contributed by atoms with van der Waals surface area (Å²) in [5, 5.41) is 30.5. The summed E-state index contributed by atoms with van der Waals surface area (Å²) in [6.07, 6.45) is -2.90. The molecule has 0 aliphatic carbocycles. The van der Waals surface area contributed by atoms with E-state index in [0.29, 0.717) is 0 Å². The van der Waals surface area contributed by atoms with Crippen molar-refractivity contribution in [3.05, 3.63) is 27.6 Å². The molecule has 0 bridgehead atoms. The standard InChI is InChI=1S/C9H11ClN2O5/c10-4-1-2-12(11-8(4)16)9-7(15)6(14)5(3-13)17-9/h1-2,5-7,9,13-15H,3H2/p+1. The quantitative estimate of drug-likeness (QED) is 0.459. The number of hydrogen-bond acceptors (Lipinski definition) is 5. The number of aliphatic hydroxyl groups excluding tert-OH is 3. The zero-order valence-electron chi connectivity index (χ0n) is 8.65. The lowest BCUT2D eigenvalue weighted by Crippen LogP contribution is -2.51. The maximum atomic E-state index is 11.3. The molecule has 1 aliphatic rings. The summed E-state index contributed by atoms with van der Waals surface area (Å²) in [7, 11) is 0. The summed E-state index contributed by atoms with van der Waals surface area (Å²) < 4.78 is 6.41. The third-order valence-electron chi connectivity index (χ3n) is 2.62. The number of aromatic amines is 1. The minimum atomic E-state index is -1.24. The molecule has 17 heavy (non-hydrogen) atoms. The minimum Gasteiger partial charge on any atom is -0.394 e. The monoisotopic (exact) mass is 263 g/mol. The van der Waals surface area contributed by atoms with E-state index in [-0.39, 0.29) is 5.02 Å². The lowest BCUT2D eigenvalue weighted by Gasteiger charge is -2.08. The fourth-order valence-electron chi connectivity index (χ4n) is 1.69. The number of nitrogens with one attached hydrogen (secondary N) is 1. The van der Waals surface area contributed by atoms with Crippen molar-refractivity contribution in [3.63, 3.8) is 0 Å². The van der Waals surface area contributed by atoms with Gasteiger partial charge in [0.15, 0.2) is 12.3 Å². The van der Waals surface area contributed by atoms with Gasteiger partial charge in [0.05, 0.1) is 6.61 Å². The molecule has 1 fully saturated rings. The highest BCUT2D eigenvalue weighted by atomic mass is 35.5. The van der Waals surface area contributed by atoms with E-state index in [0.717, 1.165) is 0 Å². The number of rotatable bonds is 2. The fraction of sp³-hybridized carbons (Fsp3) is 0.556. The van der Waals surface area contributed by atoms with Crippen molar-refractivity contribution in [2.75, 3.05) is 6.61 Å². The van der Waals surface area contributed by atoms with Crippen LogP contribution in [0.15, 0.2) is 17.1 Å². The van der Waals surface area contributed by atoms with Crippen LogP contribution < -0.4 is 10.2 Å². The maximum absolute atomic E-state index is 11.3. The highest BCUT2D eigenvalue weighted by Gasteiger charge is 2.48. The van der Waals surface area contributed by atoms with Crippen molar-refractivity contribution < 1.29 is 24.7 Å². The number of ether oxygens (including phenoxy) is 1. The Labute approximate surface area is 101 Å². The van der Waals surface area contributed by atoms with Crippen molar-refractivity contribution in [2.24, 2.45) is 0 Å². The van der Waals surface area contributed by atoms with Gasteiger partial charge in [0.25, 0.3) is 0 Å². The second-order valence-corrected chi connectivity index (χ2v) is 4.15. The number of nitrogens with zero attached hydrogens (tertiary/aromatic N) is 1. The average molecular weight is 264 g/mol. The normalized spacial score (nSPS) is 32.9. The molecular formula is C9H12ClN2O5+. The second-order valence-electron chi connectivity index (χ2n) is 3.74. The van der Waals surface area contributed by atoms with Crippen LogP contribution in [0.3, 0.4) is 0 Å². The summed E-state index contributed by atoms with van der Waals surface area (Å²) in [5.74, 6) is 0. The van der Waals surface area contributed by atoms with E-state index in [1.54, 1.807) is 0 Å². The first-order valence-electron chi connectivity index (χ1n) is 4.97. The van der Waals surface area contributed by atoms with E-state index < -0.39 is 36.7 Å². The van der Waals surface area contributed by atoms with E-state index in [1.165, 1.54) is 16.9 Å². The summed E-state index contributed by atoms with van der Waals surface area (Å²) in [5.41, 5.74) is -0.535. The molecule has 8 heteroatoms. The van der Waals surface area contributed by atoms with Gasteiger partial charge in [-0.3, -0.25) is 4.79 Å². The summed E-state index contributed by atoms with van der Waals surface area (Å²) in [6, 6.07) is 1.34. The molecule has 94 valence electrons. The third-order valence-corrected chi connectivity index (χ3v) is 2.92. The number of H-pyrrole nitrogens is 1. The van der Waals surface area contributed by atoms with Crippen LogP contribution in [0.25, 0.3) is 0 Å². The van der Waals surface area contributed by atoms with E-state index >= 15 is 0 Å². The van der Waals surface area contributed by atoms with Gasteiger partial charge in [0.1, 0.15) is 17.2 Å². The molecule has 1 aromatic heterocycles. The van der Waals surface area contributed by atoms with Gasteiger partial charge >= 0.3 is 11.8 Å². The van der Waals surface area contributed by atoms with Gasteiger partial charge in [-0.25, -0.2) is 0 Å². The van der Waals surface area contributed by atoms with Crippen molar-refractivity contribution in [3.8, 4) is 0 Å². The molecule has 7 nitrogen and oxygen atoms in total. The Balaban J connectivity index is 2.29. The van der Waals surface area contributed by atoms with Crippen LogP contribution in [0.4, 0.5) is 0 Å². The molecule has 0 amide bonds. The maximum Gasteiger partial charge on any atom is 0.316 e. The summed E-state index contributed by atoms with van der Waals surface area (Å²) in [4.78, 5) is 11.3. The molecule has 4 N–H and O–H groups in total. The van der Waals surface area contributed by atoms with Crippen LogP contribution in [-0.4, -0.2) is 45.3 Å². The molecule has 2 rings (SSSR count). The second kappa shape index (κ2) is 4.71. The Morgan fingerprint density at radius 2 is 2.18 bits per heavy atom. The molecule has 1 saturated heterocycles. The molecule has 0 spiro atoms. The van der Waals surface area contributed by atoms with E-state index in [1.807, 2.05) is 0 Å². The lowest BCUT2D eigenvalue weighted by atomic mass is 10.1. The Morgan fingerprint density at radius 1 is 1.47 bits per heavy atom. The molecular weight excluding hydrogens is 252 g/mol. The molecule has 4 atom stereocenters. The molecule has 4 unspecified atom stereocenters. The van der Waals surface area contributed by atoms with Gasteiger partial charge in [-0.1, -0.05) is 16.3 Å². The van der Waals surface area contributed by atoms with Crippen LogP contribution in [0.5, 0.6) is 0 Å². The minimum absolute atomic E-state index is 0.00740. The molecule has 1 aliphatic heterocycles. The molecule has 0 saturated carbocycles. The first-order chi connectivity index (χ1) is 8.04. The summed E-state index contributed by atoms with van der Waals surface area (Å²) >= 11 is 5.56. The number of aromatic nitrogens is 2. The fourth-order valence-corrected chi connectivity index (χ4v) is 1.79. The van der Waals surface area contributed by atoms with Crippen LogP contribution in [0.1, 0.15) is 6.23 Å². The lowest BCUT2D eigenvalue weighted by molar-refractivity contribution is -0.815. The van der Waals surface area contributed by atoms with Gasteiger partial charge in [0.2, 0.25) is 0 Å². The smallest absolute Gasteiger partial charge is 0.316 e. The first-order valence-corrected chi connectivity index (χ1v) is 5.35. The Hall–Kier alpha value is -0.990. The highest BCUT2D eigenvalue weighted by molar-refractivity contribution is 6.30. The number of halogens is 1. The van der Waals surface area contributed by atoms with E-state index in [2.05, 4.69) is 5.10 Å². The zero-order valence-corrected chi connectivity index (χ0v) is 9.41. The summed E-state index contributed by atoms with van der Waals surface area (Å²) in [6.45, 7) is -0.424. The molecule has 2 heterocycles. The average Bonchev–Trinajstić information content (AvgIpc) is 2.60. The molecule has 1 aromatic rings.